The minimum Gasteiger partial charge on any atom is -0.416 e. The number of thiazole rings is 1. The fourth-order valence-corrected chi connectivity index (χ4v) is 6.24. The number of thioether (sulfide) groups is 1. The minimum absolute atomic E-state index is 0.142. The van der Waals surface area contributed by atoms with Crippen molar-refractivity contribution in [2.45, 2.75) is 62.0 Å². The second kappa shape index (κ2) is 9.06. The Morgan fingerprint density at radius 1 is 1.10 bits per heavy atom. The third-order valence-electron chi connectivity index (χ3n) is 6.13. The summed E-state index contributed by atoms with van der Waals surface area (Å²) in [5.74, 6) is 1.96. The second-order valence-electron chi connectivity index (χ2n) is 8.23. The number of likely N-dealkylation sites (tertiary alicyclic amines) is 1. The molecule has 2 aromatic heterocycles. The summed E-state index contributed by atoms with van der Waals surface area (Å²) in [5.41, 5.74) is 1.06. The highest BCUT2D eigenvalue weighted by molar-refractivity contribution is 7.99. The molecule has 5 rings (SSSR count). The topological polar surface area (TPSA) is 72.1 Å². The summed E-state index contributed by atoms with van der Waals surface area (Å²) in [6, 6.07) is 8.25. The van der Waals surface area contributed by atoms with Crippen molar-refractivity contribution in [2.24, 2.45) is 0 Å². The number of hydrogen-bond donors (Lipinski definition) is 0. The van der Waals surface area contributed by atoms with Crippen LogP contribution in [0.15, 0.2) is 33.9 Å². The average Bonchev–Trinajstić information content (AvgIpc) is 3.45. The molecular formula is C22H26N4O2S2. The highest BCUT2D eigenvalue weighted by Gasteiger charge is 2.27. The number of amides is 1. The Labute approximate surface area is 184 Å². The molecule has 1 saturated heterocycles. The second-order valence-corrected chi connectivity index (χ2v) is 10.2. The van der Waals surface area contributed by atoms with Gasteiger partial charge in [0.15, 0.2) is 0 Å². The molecule has 158 valence electrons. The molecule has 3 aromatic rings. The molecule has 3 heterocycles. The van der Waals surface area contributed by atoms with E-state index in [0.29, 0.717) is 22.8 Å². The van der Waals surface area contributed by atoms with Crippen LogP contribution in [0.4, 0.5) is 0 Å². The monoisotopic (exact) mass is 442 g/mol. The summed E-state index contributed by atoms with van der Waals surface area (Å²) < 4.78 is 7.07. The molecule has 8 heteroatoms. The summed E-state index contributed by atoms with van der Waals surface area (Å²) >= 11 is 3.12. The first-order valence-electron chi connectivity index (χ1n) is 10.9. The van der Waals surface area contributed by atoms with Gasteiger partial charge in [-0.2, -0.15) is 0 Å². The highest BCUT2D eigenvalue weighted by Crippen LogP contribution is 2.34. The molecule has 2 aliphatic rings. The predicted molar refractivity (Wildman–Crippen MR) is 119 cm³/mol. The summed E-state index contributed by atoms with van der Waals surface area (Å²) in [5, 5.41) is 10.1. The van der Waals surface area contributed by atoms with E-state index in [0.717, 1.165) is 55.2 Å². The van der Waals surface area contributed by atoms with Crippen molar-refractivity contribution < 1.29 is 9.21 Å². The smallest absolute Gasteiger partial charge is 0.277 e. The molecule has 2 fully saturated rings. The zero-order valence-corrected chi connectivity index (χ0v) is 18.6. The van der Waals surface area contributed by atoms with Gasteiger partial charge in [-0.3, -0.25) is 4.79 Å². The Bertz CT molecular complexity index is 978. The van der Waals surface area contributed by atoms with Gasteiger partial charge >= 0.3 is 0 Å². The van der Waals surface area contributed by atoms with Gasteiger partial charge in [-0.25, -0.2) is 4.98 Å². The van der Waals surface area contributed by atoms with Gasteiger partial charge in [0.05, 0.1) is 21.0 Å². The average molecular weight is 443 g/mol. The molecule has 0 radical (unpaired) electrons. The number of para-hydroxylation sites is 1. The summed E-state index contributed by atoms with van der Waals surface area (Å²) in [4.78, 5) is 19.6. The van der Waals surface area contributed by atoms with Gasteiger partial charge in [0.1, 0.15) is 0 Å². The third-order valence-corrected chi connectivity index (χ3v) is 8.13. The van der Waals surface area contributed by atoms with E-state index in [9.17, 15) is 4.79 Å². The molecule has 1 aliphatic carbocycles. The number of hydrogen-bond acceptors (Lipinski definition) is 7. The van der Waals surface area contributed by atoms with E-state index < -0.39 is 0 Å². The van der Waals surface area contributed by atoms with E-state index in [-0.39, 0.29) is 5.91 Å². The molecule has 6 nitrogen and oxygen atoms in total. The molecule has 0 bridgehead atoms. The van der Waals surface area contributed by atoms with Crippen LogP contribution in [0.5, 0.6) is 0 Å². The number of carbonyl (C=O) groups is 1. The number of benzene rings is 1. The number of carbonyl (C=O) groups excluding carboxylic acids is 1. The Morgan fingerprint density at radius 3 is 2.80 bits per heavy atom. The zero-order chi connectivity index (χ0) is 20.3. The van der Waals surface area contributed by atoms with Gasteiger partial charge in [0, 0.05) is 24.9 Å². The first-order valence-corrected chi connectivity index (χ1v) is 12.7. The third kappa shape index (κ3) is 4.39. The normalized spacial score (nSPS) is 20.7. The lowest BCUT2D eigenvalue weighted by Gasteiger charge is -2.31. The molecule has 1 saturated carbocycles. The van der Waals surface area contributed by atoms with Crippen LogP contribution in [0, 0.1) is 0 Å². The van der Waals surface area contributed by atoms with Gasteiger partial charge in [-0.05, 0) is 37.8 Å². The Morgan fingerprint density at radius 2 is 1.93 bits per heavy atom. The lowest BCUT2D eigenvalue weighted by molar-refractivity contribution is -0.129. The van der Waals surface area contributed by atoms with Crippen LogP contribution in [0.25, 0.3) is 10.2 Å². The van der Waals surface area contributed by atoms with Crippen molar-refractivity contribution in [3.63, 3.8) is 0 Å². The van der Waals surface area contributed by atoms with E-state index in [2.05, 4.69) is 28.4 Å². The number of fused-ring (bicyclic) bond motifs is 1. The lowest BCUT2D eigenvalue weighted by Crippen LogP contribution is -2.40. The maximum atomic E-state index is 12.8. The van der Waals surface area contributed by atoms with E-state index in [1.807, 2.05) is 11.0 Å². The molecule has 0 spiro atoms. The lowest BCUT2D eigenvalue weighted by atomic mass is 9.89. The van der Waals surface area contributed by atoms with Crippen molar-refractivity contribution in [2.75, 3.05) is 18.8 Å². The SMILES string of the molecule is O=C(CSc1nnc(C2CCCCC2)o1)N1CCCC(c2nc3ccccc3s2)C1. The van der Waals surface area contributed by atoms with Gasteiger partial charge in [0.2, 0.25) is 11.8 Å². The van der Waals surface area contributed by atoms with Crippen molar-refractivity contribution in [3.05, 3.63) is 35.2 Å². The number of rotatable bonds is 5. The maximum Gasteiger partial charge on any atom is 0.277 e. The van der Waals surface area contributed by atoms with Crippen molar-refractivity contribution in [1.29, 1.82) is 0 Å². The first-order chi connectivity index (χ1) is 14.8. The predicted octanol–water partition coefficient (Wildman–Crippen LogP) is 5.23. The Hall–Kier alpha value is -1.93. The standard InChI is InChI=1S/C22H26N4O2S2/c27-19(14-29-22-25-24-20(28-22)15-7-2-1-3-8-15)26-12-6-9-16(13-26)21-23-17-10-4-5-11-18(17)30-21/h4-5,10-11,15-16H,1-3,6-9,12-14H2. The molecule has 30 heavy (non-hydrogen) atoms. The maximum absolute atomic E-state index is 12.8. The highest BCUT2D eigenvalue weighted by atomic mass is 32.2. The quantitative estimate of drug-likeness (QED) is 0.504. The Balaban J connectivity index is 1.17. The fourth-order valence-electron chi connectivity index (χ4n) is 4.48. The molecular weight excluding hydrogens is 416 g/mol. The van der Waals surface area contributed by atoms with Crippen molar-refractivity contribution in [1.82, 2.24) is 20.1 Å². The van der Waals surface area contributed by atoms with Crippen LogP contribution in [0.3, 0.4) is 0 Å². The van der Waals surface area contributed by atoms with Crippen LogP contribution in [-0.2, 0) is 4.79 Å². The van der Waals surface area contributed by atoms with Crippen LogP contribution in [0.2, 0.25) is 0 Å². The van der Waals surface area contributed by atoms with Gasteiger partial charge in [-0.1, -0.05) is 43.2 Å². The zero-order valence-electron chi connectivity index (χ0n) is 17.0. The van der Waals surface area contributed by atoms with Gasteiger partial charge in [-0.15, -0.1) is 21.5 Å². The van der Waals surface area contributed by atoms with Crippen molar-refractivity contribution in [3.8, 4) is 0 Å². The molecule has 0 N–H and O–H groups in total. The molecule has 1 unspecified atom stereocenters. The summed E-state index contributed by atoms with van der Waals surface area (Å²) in [7, 11) is 0. The van der Waals surface area contributed by atoms with Crippen LogP contribution < -0.4 is 0 Å². The number of aromatic nitrogens is 3. The number of nitrogens with zero attached hydrogens (tertiary/aromatic N) is 4. The van der Waals surface area contributed by atoms with Gasteiger partial charge in [0.25, 0.3) is 5.22 Å². The van der Waals surface area contributed by atoms with E-state index in [1.54, 1.807) is 11.3 Å². The summed E-state index contributed by atoms with van der Waals surface area (Å²) in [6.07, 6.45) is 8.14. The molecule has 1 amide bonds. The fraction of sp³-hybridized carbons (Fsp3) is 0.545. The molecule has 1 atom stereocenters. The molecule has 1 aliphatic heterocycles. The first kappa shape index (κ1) is 20.0. The largest absolute Gasteiger partial charge is 0.416 e. The van der Waals surface area contributed by atoms with E-state index in [4.69, 9.17) is 9.40 Å². The Kier molecular flexibility index (Phi) is 6.04. The summed E-state index contributed by atoms with van der Waals surface area (Å²) in [6.45, 7) is 1.56. The van der Waals surface area contributed by atoms with Crippen LogP contribution in [0.1, 0.15) is 67.7 Å². The van der Waals surface area contributed by atoms with Crippen LogP contribution in [-0.4, -0.2) is 44.8 Å². The van der Waals surface area contributed by atoms with Gasteiger partial charge < -0.3 is 9.32 Å². The van der Waals surface area contributed by atoms with E-state index in [1.165, 1.54) is 35.7 Å². The van der Waals surface area contributed by atoms with Crippen LogP contribution >= 0.6 is 23.1 Å². The molecule has 1 aromatic carbocycles. The minimum atomic E-state index is 0.142. The number of piperidine rings is 1. The van der Waals surface area contributed by atoms with Crippen molar-refractivity contribution >= 4 is 39.2 Å². The van der Waals surface area contributed by atoms with E-state index >= 15 is 0 Å².